The van der Waals surface area contributed by atoms with Crippen molar-refractivity contribution in [2.75, 3.05) is 7.11 Å². The van der Waals surface area contributed by atoms with Gasteiger partial charge in [-0.3, -0.25) is 4.57 Å². The van der Waals surface area contributed by atoms with Gasteiger partial charge in [0.1, 0.15) is 11.4 Å². The van der Waals surface area contributed by atoms with E-state index in [1.165, 1.54) is 0 Å². The average molecular weight is 392 g/mol. The van der Waals surface area contributed by atoms with E-state index in [4.69, 9.17) is 9.72 Å². The van der Waals surface area contributed by atoms with E-state index < -0.39 is 0 Å². The maximum Gasteiger partial charge on any atom is 0.192 e. The van der Waals surface area contributed by atoms with Gasteiger partial charge in [-0.05, 0) is 42.8 Å². The van der Waals surface area contributed by atoms with Gasteiger partial charge in [-0.1, -0.05) is 23.9 Å². The molecule has 0 N–H and O–H groups in total. The molecule has 0 fully saturated rings. The van der Waals surface area contributed by atoms with Gasteiger partial charge < -0.3 is 9.14 Å². The SMILES string of the molecule is C=CCn1c(SCc2cn3cccc(C)c3n2)nnc1-c1ccc(OC)cc1. The minimum atomic E-state index is 0.640. The number of thioether (sulfide) groups is 1. The Morgan fingerprint density at radius 3 is 2.71 bits per heavy atom. The summed E-state index contributed by atoms with van der Waals surface area (Å²) in [6.45, 7) is 6.58. The minimum absolute atomic E-state index is 0.640. The van der Waals surface area contributed by atoms with Crippen molar-refractivity contribution in [2.45, 2.75) is 24.4 Å². The summed E-state index contributed by atoms with van der Waals surface area (Å²) in [6, 6.07) is 11.9. The Hall–Kier alpha value is -3.06. The van der Waals surface area contributed by atoms with E-state index in [0.29, 0.717) is 6.54 Å². The Morgan fingerprint density at radius 2 is 2.00 bits per heavy atom. The molecule has 3 aromatic heterocycles. The third-order valence-electron chi connectivity index (χ3n) is 4.45. The Bertz CT molecular complexity index is 1110. The van der Waals surface area contributed by atoms with Crippen LogP contribution in [0.2, 0.25) is 0 Å². The molecule has 0 aliphatic carbocycles. The van der Waals surface area contributed by atoms with Crippen LogP contribution < -0.4 is 4.74 Å². The van der Waals surface area contributed by atoms with E-state index in [0.717, 1.165) is 45.0 Å². The van der Waals surface area contributed by atoms with E-state index in [-0.39, 0.29) is 0 Å². The summed E-state index contributed by atoms with van der Waals surface area (Å²) in [7, 11) is 1.66. The molecule has 3 heterocycles. The van der Waals surface area contributed by atoms with Gasteiger partial charge in [0.15, 0.2) is 11.0 Å². The van der Waals surface area contributed by atoms with Gasteiger partial charge in [-0.25, -0.2) is 4.98 Å². The molecule has 0 saturated carbocycles. The fourth-order valence-corrected chi connectivity index (χ4v) is 3.89. The number of aryl methyl sites for hydroxylation is 1. The molecule has 142 valence electrons. The number of imidazole rings is 1. The van der Waals surface area contributed by atoms with Crippen LogP contribution in [-0.2, 0) is 12.3 Å². The lowest BCUT2D eigenvalue weighted by atomic mass is 10.2. The summed E-state index contributed by atoms with van der Waals surface area (Å²) in [6.07, 6.45) is 5.94. The Balaban J connectivity index is 1.59. The fourth-order valence-electron chi connectivity index (χ4n) is 3.06. The Kier molecular flexibility index (Phi) is 5.16. The molecular weight excluding hydrogens is 370 g/mol. The molecule has 0 spiro atoms. The molecule has 1 aromatic carbocycles. The standard InChI is InChI=1S/C21H21N5OS/c1-4-11-26-20(16-7-9-18(27-3)10-8-16)23-24-21(26)28-14-17-13-25-12-5-6-15(2)19(25)22-17/h4-10,12-13H,1,11,14H2,2-3H3. The minimum Gasteiger partial charge on any atom is -0.497 e. The van der Waals surface area contributed by atoms with Crippen LogP contribution >= 0.6 is 11.8 Å². The van der Waals surface area contributed by atoms with Crippen LogP contribution in [0.25, 0.3) is 17.0 Å². The highest BCUT2D eigenvalue weighted by Gasteiger charge is 2.14. The van der Waals surface area contributed by atoms with Crippen LogP contribution in [-0.4, -0.2) is 31.3 Å². The summed E-state index contributed by atoms with van der Waals surface area (Å²) in [5.74, 6) is 2.35. The van der Waals surface area contributed by atoms with Crippen LogP contribution in [0.1, 0.15) is 11.3 Å². The summed E-state index contributed by atoms with van der Waals surface area (Å²) < 4.78 is 9.36. The first-order chi connectivity index (χ1) is 13.7. The van der Waals surface area contributed by atoms with Crippen LogP contribution in [0.3, 0.4) is 0 Å². The predicted molar refractivity (Wildman–Crippen MR) is 112 cm³/mol. The van der Waals surface area contributed by atoms with E-state index in [2.05, 4.69) is 44.9 Å². The van der Waals surface area contributed by atoms with Gasteiger partial charge in [0.25, 0.3) is 0 Å². The summed E-state index contributed by atoms with van der Waals surface area (Å²) in [4.78, 5) is 4.74. The van der Waals surface area contributed by atoms with E-state index >= 15 is 0 Å². The molecule has 4 rings (SSSR count). The first kappa shape index (κ1) is 18.3. The molecule has 0 radical (unpaired) electrons. The first-order valence-corrected chi connectivity index (χ1v) is 9.92. The maximum absolute atomic E-state index is 5.24. The molecule has 4 aromatic rings. The number of benzene rings is 1. The van der Waals surface area contributed by atoms with Crippen LogP contribution in [0.15, 0.2) is 66.6 Å². The van der Waals surface area contributed by atoms with Gasteiger partial charge in [0.05, 0.1) is 12.8 Å². The number of fused-ring (bicyclic) bond motifs is 1. The van der Waals surface area contributed by atoms with Crippen LogP contribution in [0.4, 0.5) is 0 Å². The third-order valence-corrected chi connectivity index (χ3v) is 5.45. The van der Waals surface area contributed by atoms with Crippen molar-refractivity contribution in [3.8, 4) is 17.1 Å². The van der Waals surface area contributed by atoms with Gasteiger partial charge in [0, 0.05) is 30.3 Å². The fraction of sp³-hybridized carbons (Fsp3) is 0.190. The Morgan fingerprint density at radius 1 is 1.18 bits per heavy atom. The largest absolute Gasteiger partial charge is 0.497 e. The van der Waals surface area contributed by atoms with Crippen LogP contribution in [0.5, 0.6) is 5.75 Å². The number of methoxy groups -OCH3 is 1. The topological polar surface area (TPSA) is 57.2 Å². The number of allylic oxidation sites excluding steroid dienone is 1. The number of hydrogen-bond acceptors (Lipinski definition) is 5. The smallest absolute Gasteiger partial charge is 0.192 e. The zero-order valence-corrected chi connectivity index (χ0v) is 16.7. The molecule has 0 aliphatic heterocycles. The van der Waals surface area contributed by atoms with Crippen molar-refractivity contribution in [3.05, 3.63) is 72.7 Å². The third kappa shape index (κ3) is 3.53. The van der Waals surface area contributed by atoms with Gasteiger partial charge in [-0.15, -0.1) is 16.8 Å². The molecule has 28 heavy (non-hydrogen) atoms. The van der Waals surface area contributed by atoms with E-state index in [1.807, 2.05) is 42.6 Å². The number of ether oxygens (including phenoxy) is 1. The molecule has 0 unspecified atom stereocenters. The van der Waals surface area contributed by atoms with Crippen molar-refractivity contribution < 1.29 is 4.74 Å². The van der Waals surface area contributed by atoms with Gasteiger partial charge in [0.2, 0.25) is 0 Å². The van der Waals surface area contributed by atoms with Crippen molar-refractivity contribution in [1.82, 2.24) is 24.1 Å². The molecule has 0 amide bonds. The summed E-state index contributed by atoms with van der Waals surface area (Å²) in [5, 5.41) is 9.66. The molecule has 0 atom stereocenters. The molecule has 0 bridgehead atoms. The predicted octanol–water partition coefficient (Wildman–Crippen LogP) is 4.39. The monoisotopic (exact) mass is 391 g/mol. The second-order valence-electron chi connectivity index (χ2n) is 6.38. The second-order valence-corrected chi connectivity index (χ2v) is 7.32. The normalized spacial score (nSPS) is 11.1. The zero-order valence-electron chi connectivity index (χ0n) is 15.9. The molecule has 6 nitrogen and oxygen atoms in total. The highest BCUT2D eigenvalue weighted by molar-refractivity contribution is 7.98. The Labute approximate surface area is 167 Å². The van der Waals surface area contributed by atoms with Crippen LogP contribution in [0, 0.1) is 6.92 Å². The van der Waals surface area contributed by atoms with Gasteiger partial charge >= 0.3 is 0 Å². The number of hydrogen-bond donors (Lipinski definition) is 0. The lowest BCUT2D eigenvalue weighted by Gasteiger charge is -2.08. The van der Waals surface area contributed by atoms with E-state index in [1.54, 1.807) is 18.9 Å². The maximum atomic E-state index is 5.24. The first-order valence-electron chi connectivity index (χ1n) is 8.94. The quantitative estimate of drug-likeness (QED) is 0.345. The molecule has 7 heteroatoms. The summed E-state index contributed by atoms with van der Waals surface area (Å²) >= 11 is 1.63. The highest BCUT2D eigenvalue weighted by Crippen LogP contribution is 2.27. The molecule has 0 saturated heterocycles. The van der Waals surface area contributed by atoms with Crippen molar-refractivity contribution >= 4 is 17.4 Å². The summed E-state index contributed by atoms with van der Waals surface area (Å²) in [5.41, 5.74) is 4.16. The number of pyridine rings is 1. The lowest BCUT2D eigenvalue weighted by Crippen LogP contribution is -2.00. The molecular formula is C21H21N5OS. The van der Waals surface area contributed by atoms with Crippen molar-refractivity contribution in [1.29, 1.82) is 0 Å². The van der Waals surface area contributed by atoms with Crippen molar-refractivity contribution in [3.63, 3.8) is 0 Å². The van der Waals surface area contributed by atoms with Crippen molar-refractivity contribution in [2.24, 2.45) is 0 Å². The number of nitrogens with zero attached hydrogens (tertiary/aromatic N) is 5. The molecule has 0 aliphatic rings. The number of aromatic nitrogens is 5. The zero-order chi connectivity index (χ0) is 19.5. The average Bonchev–Trinajstić information content (AvgIpc) is 3.31. The lowest BCUT2D eigenvalue weighted by molar-refractivity contribution is 0.415. The highest BCUT2D eigenvalue weighted by atomic mass is 32.2. The second kappa shape index (κ2) is 7.90. The van der Waals surface area contributed by atoms with E-state index in [9.17, 15) is 0 Å². The number of rotatable bonds is 7. The van der Waals surface area contributed by atoms with Gasteiger partial charge in [-0.2, -0.15) is 0 Å².